The summed E-state index contributed by atoms with van der Waals surface area (Å²) in [4.78, 5) is 30.8. The highest BCUT2D eigenvalue weighted by atomic mass is 35.5. The highest BCUT2D eigenvalue weighted by Crippen LogP contribution is 2.21. The molecule has 2 amide bonds. The van der Waals surface area contributed by atoms with E-state index in [1.807, 2.05) is 48.6 Å². The lowest BCUT2D eigenvalue weighted by atomic mass is 10.2. The lowest BCUT2D eigenvalue weighted by molar-refractivity contribution is 0.262. The molecule has 9 nitrogen and oxygen atoms in total. The summed E-state index contributed by atoms with van der Waals surface area (Å²) in [6.45, 7) is 3.53. The Labute approximate surface area is 242 Å². The van der Waals surface area contributed by atoms with Crippen molar-refractivity contribution in [1.29, 1.82) is 0 Å². The number of nitrogens with one attached hydrogen (secondary N) is 3. The van der Waals surface area contributed by atoms with Crippen molar-refractivity contribution in [2.75, 3.05) is 54.1 Å². The maximum Gasteiger partial charge on any atom is 0.323 e. The van der Waals surface area contributed by atoms with E-state index in [-0.39, 0.29) is 6.03 Å². The number of anilines is 5. The van der Waals surface area contributed by atoms with Gasteiger partial charge in [-0.3, -0.25) is 0 Å². The molecule has 4 aromatic rings. The maximum absolute atomic E-state index is 12.4. The lowest BCUT2D eigenvalue weighted by Gasteiger charge is -2.32. The minimum Gasteiger partial charge on any atom is -0.338 e. The Morgan fingerprint density at radius 1 is 0.725 bits per heavy atom. The molecule has 1 fully saturated rings. The van der Waals surface area contributed by atoms with Crippen molar-refractivity contribution in [2.45, 2.75) is 0 Å². The number of amides is 2. The predicted molar refractivity (Wildman–Crippen MR) is 164 cm³/mol. The third-order valence-electron chi connectivity index (χ3n) is 6.22. The average molecular weight is 576 g/mol. The van der Waals surface area contributed by atoms with Crippen LogP contribution in [0.4, 0.5) is 33.8 Å². The zero-order chi connectivity index (χ0) is 27.9. The van der Waals surface area contributed by atoms with E-state index in [1.54, 1.807) is 36.4 Å². The molecule has 2 heterocycles. The van der Waals surface area contributed by atoms with Gasteiger partial charge in [0.1, 0.15) is 0 Å². The molecular weight excluding hydrogens is 547 g/mol. The van der Waals surface area contributed by atoms with Crippen LogP contribution in [0.25, 0.3) is 12.2 Å². The number of benzene rings is 3. The van der Waals surface area contributed by atoms with Crippen LogP contribution in [0.5, 0.6) is 0 Å². The Kier molecular flexibility index (Phi) is 8.75. The number of hydrogen-bond donors (Lipinski definition) is 3. The minimum atomic E-state index is -0.352. The molecule has 5 rings (SSSR count). The first-order valence-electron chi connectivity index (χ1n) is 12.7. The van der Waals surface area contributed by atoms with Crippen molar-refractivity contribution in [2.24, 2.45) is 0 Å². The molecule has 0 bridgehead atoms. The number of carbonyl (C=O) groups is 1. The molecule has 1 saturated heterocycles. The van der Waals surface area contributed by atoms with Crippen LogP contribution in [0.15, 0.2) is 72.8 Å². The van der Waals surface area contributed by atoms with Gasteiger partial charge in [-0.1, -0.05) is 41.4 Å². The fraction of sp³-hybridized carbons (Fsp3) is 0.172. The number of rotatable bonds is 7. The van der Waals surface area contributed by atoms with Crippen LogP contribution in [0.1, 0.15) is 11.4 Å². The van der Waals surface area contributed by atoms with Crippen molar-refractivity contribution in [1.82, 2.24) is 19.9 Å². The highest BCUT2D eigenvalue weighted by molar-refractivity contribution is 6.30. The molecule has 1 aliphatic heterocycles. The van der Waals surface area contributed by atoms with Gasteiger partial charge in [0, 0.05) is 53.3 Å². The van der Waals surface area contributed by atoms with E-state index in [1.165, 1.54) is 0 Å². The van der Waals surface area contributed by atoms with E-state index < -0.39 is 0 Å². The fourth-order valence-corrected chi connectivity index (χ4v) is 4.25. The summed E-state index contributed by atoms with van der Waals surface area (Å²) in [5.74, 6) is 1.60. The lowest BCUT2D eigenvalue weighted by Crippen LogP contribution is -2.45. The minimum absolute atomic E-state index is 0.352. The molecular formula is C29H28Cl2N8O. The first kappa shape index (κ1) is 27.4. The smallest absolute Gasteiger partial charge is 0.323 e. The number of halogens is 2. The monoisotopic (exact) mass is 574 g/mol. The molecule has 1 aromatic heterocycles. The Balaban J connectivity index is 1.30. The van der Waals surface area contributed by atoms with E-state index in [2.05, 4.69) is 37.8 Å². The van der Waals surface area contributed by atoms with Gasteiger partial charge in [-0.15, -0.1) is 0 Å². The number of urea groups is 1. The quantitative estimate of drug-likeness (QED) is 0.232. The zero-order valence-corrected chi connectivity index (χ0v) is 23.3. The Morgan fingerprint density at radius 3 is 1.90 bits per heavy atom. The molecule has 0 aliphatic carbocycles. The van der Waals surface area contributed by atoms with E-state index >= 15 is 0 Å². The van der Waals surface area contributed by atoms with E-state index in [9.17, 15) is 4.79 Å². The summed E-state index contributed by atoms with van der Waals surface area (Å²) in [5, 5.41) is 10.2. The van der Waals surface area contributed by atoms with Crippen LogP contribution >= 0.6 is 23.2 Å². The van der Waals surface area contributed by atoms with Crippen molar-refractivity contribution in [3.63, 3.8) is 0 Å². The molecule has 0 saturated carbocycles. The van der Waals surface area contributed by atoms with E-state index in [0.29, 0.717) is 39.1 Å². The molecule has 204 valence electrons. The fourth-order valence-electron chi connectivity index (χ4n) is 4.00. The van der Waals surface area contributed by atoms with Gasteiger partial charge in [0.15, 0.2) is 5.82 Å². The van der Waals surface area contributed by atoms with Gasteiger partial charge in [0.2, 0.25) is 11.9 Å². The summed E-state index contributed by atoms with van der Waals surface area (Å²) >= 11 is 11.9. The number of carbonyl (C=O) groups excluding carboxylic acids is 1. The second-order valence-electron chi connectivity index (χ2n) is 9.28. The average Bonchev–Trinajstić information content (AvgIpc) is 2.95. The molecule has 40 heavy (non-hydrogen) atoms. The number of piperazine rings is 1. The van der Waals surface area contributed by atoms with Crippen molar-refractivity contribution in [3.05, 3.63) is 94.2 Å². The molecule has 0 atom stereocenters. The van der Waals surface area contributed by atoms with Crippen molar-refractivity contribution < 1.29 is 4.79 Å². The van der Waals surface area contributed by atoms with Crippen LogP contribution in [-0.2, 0) is 0 Å². The molecule has 3 N–H and O–H groups in total. The largest absolute Gasteiger partial charge is 0.338 e. The standard InChI is InChI=1S/C29H28Cl2N8O/c1-38-16-18-39(19-17-38)28-36-26(15-4-20-2-5-21(30)6-3-20)35-27(37-28)32-23-11-13-25(14-12-23)34-29(40)33-24-9-7-22(31)8-10-24/h2-15H,16-19H2,1H3,(H2,33,34,40)(H,32,35,36,37)/b15-4+. The highest BCUT2D eigenvalue weighted by Gasteiger charge is 2.18. The Morgan fingerprint density at radius 2 is 1.27 bits per heavy atom. The SMILES string of the molecule is CN1CCN(c2nc(/C=C/c3ccc(Cl)cc3)nc(Nc3ccc(NC(=O)Nc4ccc(Cl)cc4)cc3)n2)CC1. The predicted octanol–water partition coefficient (Wildman–Crippen LogP) is 6.49. The topological polar surface area (TPSA) is 98.3 Å². The normalized spacial score (nSPS) is 13.8. The Bertz CT molecular complexity index is 1470. The van der Waals surface area contributed by atoms with Crippen LogP contribution in [0.2, 0.25) is 10.0 Å². The second kappa shape index (κ2) is 12.8. The Hall–Kier alpha value is -4.18. The van der Waals surface area contributed by atoms with Gasteiger partial charge in [-0.05, 0) is 79.4 Å². The number of aromatic nitrogens is 3. The number of likely N-dealkylation sites (N-methyl/N-ethyl adjacent to an activating group) is 1. The summed E-state index contributed by atoms with van der Waals surface area (Å²) in [6, 6.07) is 21.4. The maximum atomic E-state index is 12.4. The summed E-state index contributed by atoms with van der Waals surface area (Å²) in [6.07, 6.45) is 3.81. The van der Waals surface area contributed by atoms with Crippen molar-refractivity contribution >= 4 is 70.3 Å². The van der Waals surface area contributed by atoms with E-state index in [0.717, 1.165) is 37.4 Å². The molecule has 0 radical (unpaired) electrons. The first-order chi connectivity index (χ1) is 19.4. The van der Waals surface area contributed by atoms with Crippen LogP contribution in [-0.4, -0.2) is 59.1 Å². The first-order valence-corrected chi connectivity index (χ1v) is 13.5. The van der Waals surface area contributed by atoms with Crippen LogP contribution in [0, 0.1) is 0 Å². The molecule has 0 spiro atoms. The van der Waals surface area contributed by atoms with Gasteiger partial charge < -0.3 is 25.8 Å². The van der Waals surface area contributed by atoms with E-state index in [4.69, 9.17) is 33.2 Å². The van der Waals surface area contributed by atoms with Crippen LogP contribution in [0.3, 0.4) is 0 Å². The second-order valence-corrected chi connectivity index (χ2v) is 10.2. The number of hydrogen-bond acceptors (Lipinski definition) is 7. The third-order valence-corrected chi connectivity index (χ3v) is 6.73. The van der Waals surface area contributed by atoms with Gasteiger partial charge in [0.05, 0.1) is 0 Å². The molecule has 0 unspecified atom stereocenters. The zero-order valence-electron chi connectivity index (χ0n) is 21.8. The number of nitrogens with zero attached hydrogens (tertiary/aromatic N) is 5. The van der Waals surface area contributed by atoms with Gasteiger partial charge in [0.25, 0.3) is 0 Å². The third kappa shape index (κ3) is 7.69. The molecule has 11 heteroatoms. The van der Waals surface area contributed by atoms with Gasteiger partial charge >= 0.3 is 6.03 Å². The van der Waals surface area contributed by atoms with Gasteiger partial charge in [-0.25, -0.2) is 4.79 Å². The summed E-state index contributed by atoms with van der Waals surface area (Å²) < 4.78 is 0. The summed E-state index contributed by atoms with van der Waals surface area (Å²) in [7, 11) is 2.11. The molecule has 1 aliphatic rings. The summed E-state index contributed by atoms with van der Waals surface area (Å²) in [5.41, 5.74) is 3.04. The molecule has 3 aromatic carbocycles. The van der Waals surface area contributed by atoms with Gasteiger partial charge in [-0.2, -0.15) is 15.0 Å². The van der Waals surface area contributed by atoms with Crippen LogP contribution < -0.4 is 20.9 Å². The van der Waals surface area contributed by atoms with Crippen molar-refractivity contribution in [3.8, 4) is 0 Å².